The molecule has 2 aromatic heterocycles. The maximum atomic E-state index is 5.45. The van der Waals surface area contributed by atoms with Gasteiger partial charge in [0.2, 0.25) is 0 Å². The molecule has 16 heavy (non-hydrogen) atoms. The number of nitrogens with zero attached hydrogens (tertiary/aromatic N) is 2. The fraction of sp³-hybridized carbons (Fsp3) is 0.455. The van der Waals surface area contributed by atoms with Gasteiger partial charge >= 0.3 is 0 Å². The third kappa shape index (κ3) is 1.71. The first-order valence-corrected chi connectivity index (χ1v) is 5.54. The molecule has 0 aromatic carbocycles. The van der Waals surface area contributed by atoms with E-state index in [1.807, 2.05) is 17.6 Å². The van der Waals surface area contributed by atoms with E-state index in [1.165, 1.54) is 0 Å². The van der Waals surface area contributed by atoms with Gasteiger partial charge in [0.25, 0.3) is 0 Å². The van der Waals surface area contributed by atoms with E-state index in [1.54, 1.807) is 6.26 Å². The van der Waals surface area contributed by atoms with E-state index in [0.717, 1.165) is 17.1 Å². The number of aromatic amines is 1. The SMILES string of the molecule is Cc1ccoc1-c1n[nH]c(=S)n1C(C)(C)C. The van der Waals surface area contributed by atoms with Gasteiger partial charge in [0, 0.05) is 5.54 Å². The normalized spacial score (nSPS) is 12.0. The number of H-pyrrole nitrogens is 1. The molecule has 2 rings (SSSR count). The molecule has 0 atom stereocenters. The zero-order valence-electron chi connectivity index (χ0n) is 9.87. The molecular weight excluding hydrogens is 222 g/mol. The molecule has 0 aliphatic rings. The van der Waals surface area contributed by atoms with Crippen LogP contribution in [0.3, 0.4) is 0 Å². The van der Waals surface area contributed by atoms with E-state index in [0.29, 0.717) is 4.77 Å². The molecule has 86 valence electrons. The second kappa shape index (κ2) is 3.59. The Morgan fingerprint density at radius 1 is 1.44 bits per heavy atom. The van der Waals surface area contributed by atoms with Crippen molar-refractivity contribution in [3.63, 3.8) is 0 Å². The fourth-order valence-corrected chi connectivity index (χ4v) is 2.08. The first-order chi connectivity index (χ1) is 7.41. The molecule has 0 unspecified atom stereocenters. The number of nitrogens with one attached hydrogen (secondary N) is 1. The summed E-state index contributed by atoms with van der Waals surface area (Å²) in [6.07, 6.45) is 1.66. The van der Waals surface area contributed by atoms with Crippen LogP contribution in [0.25, 0.3) is 11.6 Å². The lowest BCUT2D eigenvalue weighted by molar-refractivity contribution is 0.391. The average Bonchev–Trinajstić information content (AvgIpc) is 2.69. The van der Waals surface area contributed by atoms with Crippen LogP contribution in [0.2, 0.25) is 0 Å². The van der Waals surface area contributed by atoms with Gasteiger partial charge < -0.3 is 4.42 Å². The zero-order valence-corrected chi connectivity index (χ0v) is 10.7. The van der Waals surface area contributed by atoms with Crippen molar-refractivity contribution in [2.24, 2.45) is 0 Å². The van der Waals surface area contributed by atoms with Gasteiger partial charge in [0.15, 0.2) is 16.4 Å². The number of aromatic nitrogens is 3. The van der Waals surface area contributed by atoms with Gasteiger partial charge in [-0.2, -0.15) is 5.10 Å². The molecule has 5 heteroatoms. The number of hydrogen-bond acceptors (Lipinski definition) is 3. The highest BCUT2D eigenvalue weighted by molar-refractivity contribution is 7.71. The minimum Gasteiger partial charge on any atom is -0.461 e. The quantitative estimate of drug-likeness (QED) is 0.774. The van der Waals surface area contributed by atoms with Crippen LogP contribution in [0.15, 0.2) is 16.7 Å². The molecule has 0 bridgehead atoms. The minimum atomic E-state index is -0.126. The van der Waals surface area contributed by atoms with Gasteiger partial charge in [-0.3, -0.25) is 9.67 Å². The summed E-state index contributed by atoms with van der Waals surface area (Å²) in [5.74, 6) is 1.52. The Morgan fingerprint density at radius 2 is 2.12 bits per heavy atom. The Labute approximate surface area is 99.3 Å². The van der Waals surface area contributed by atoms with E-state index < -0.39 is 0 Å². The van der Waals surface area contributed by atoms with E-state index in [9.17, 15) is 0 Å². The molecule has 0 saturated carbocycles. The van der Waals surface area contributed by atoms with Crippen LogP contribution in [-0.4, -0.2) is 14.8 Å². The molecular formula is C11H15N3OS. The molecule has 0 spiro atoms. The van der Waals surface area contributed by atoms with Crippen LogP contribution in [0.4, 0.5) is 0 Å². The lowest BCUT2D eigenvalue weighted by atomic mass is 10.1. The Morgan fingerprint density at radius 3 is 2.62 bits per heavy atom. The predicted octanol–water partition coefficient (Wildman–Crippen LogP) is 3.26. The summed E-state index contributed by atoms with van der Waals surface area (Å²) >= 11 is 5.24. The van der Waals surface area contributed by atoms with Gasteiger partial charge in [0.05, 0.1) is 6.26 Å². The summed E-state index contributed by atoms with van der Waals surface area (Å²) in [6.45, 7) is 8.24. The summed E-state index contributed by atoms with van der Waals surface area (Å²) in [5.41, 5.74) is 0.929. The van der Waals surface area contributed by atoms with Crippen LogP contribution < -0.4 is 0 Å². The largest absolute Gasteiger partial charge is 0.461 e. The molecule has 0 aliphatic heterocycles. The highest BCUT2D eigenvalue weighted by Gasteiger charge is 2.22. The number of aryl methyl sites for hydroxylation is 1. The van der Waals surface area contributed by atoms with Gasteiger partial charge in [-0.05, 0) is 51.5 Å². The molecule has 0 amide bonds. The lowest BCUT2D eigenvalue weighted by Gasteiger charge is -2.21. The molecule has 0 aliphatic carbocycles. The maximum absolute atomic E-state index is 5.45. The Hall–Kier alpha value is -1.36. The van der Waals surface area contributed by atoms with Crippen LogP contribution in [0.1, 0.15) is 26.3 Å². The summed E-state index contributed by atoms with van der Waals surface area (Å²) < 4.78 is 8.03. The second-order valence-corrected chi connectivity index (χ2v) is 5.18. The molecule has 2 aromatic rings. The fourth-order valence-electron chi connectivity index (χ4n) is 1.67. The second-order valence-electron chi connectivity index (χ2n) is 4.79. The average molecular weight is 237 g/mol. The van der Waals surface area contributed by atoms with Crippen LogP contribution in [0.5, 0.6) is 0 Å². The van der Waals surface area contributed by atoms with Crippen molar-refractivity contribution in [1.29, 1.82) is 0 Å². The summed E-state index contributed by atoms with van der Waals surface area (Å²) in [5, 5.41) is 7.05. The van der Waals surface area contributed by atoms with E-state index in [4.69, 9.17) is 16.6 Å². The van der Waals surface area contributed by atoms with Crippen molar-refractivity contribution >= 4 is 12.2 Å². The van der Waals surface area contributed by atoms with Gasteiger partial charge in [-0.15, -0.1) is 0 Å². The number of rotatable bonds is 1. The highest BCUT2D eigenvalue weighted by atomic mass is 32.1. The monoisotopic (exact) mass is 237 g/mol. The van der Waals surface area contributed by atoms with Crippen molar-refractivity contribution in [2.45, 2.75) is 33.2 Å². The molecule has 0 radical (unpaired) electrons. The van der Waals surface area contributed by atoms with Crippen LogP contribution >= 0.6 is 12.2 Å². The van der Waals surface area contributed by atoms with Crippen LogP contribution in [0, 0.1) is 11.7 Å². The lowest BCUT2D eigenvalue weighted by Crippen LogP contribution is -2.23. The zero-order chi connectivity index (χ0) is 11.9. The van der Waals surface area contributed by atoms with Gasteiger partial charge in [0.1, 0.15) is 0 Å². The number of furan rings is 1. The third-order valence-electron chi connectivity index (χ3n) is 2.41. The standard InChI is InChI=1S/C11H15N3OS/c1-7-5-6-15-8(7)9-12-13-10(16)14(9)11(2,3)4/h5-6H,1-4H3,(H,13,16). The molecule has 2 heterocycles. The summed E-state index contributed by atoms with van der Waals surface area (Å²) in [7, 11) is 0. The molecule has 4 nitrogen and oxygen atoms in total. The Kier molecular flexibility index (Phi) is 2.50. The third-order valence-corrected chi connectivity index (χ3v) is 2.68. The first kappa shape index (κ1) is 11.1. The van der Waals surface area contributed by atoms with Crippen LogP contribution in [-0.2, 0) is 5.54 Å². The van der Waals surface area contributed by atoms with E-state index >= 15 is 0 Å². The summed E-state index contributed by atoms with van der Waals surface area (Å²) in [4.78, 5) is 0. The van der Waals surface area contributed by atoms with Crippen molar-refractivity contribution in [3.8, 4) is 11.6 Å². The molecule has 0 saturated heterocycles. The Balaban J connectivity index is 2.69. The van der Waals surface area contributed by atoms with E-state index in [-0.39, 0.29) is 5.54 Å². The first-order valence-electron chi connectivity index (χ1n) is 5.13. The van der Waals surface area contributed by atoms with Crippen molar-refractivity contribution in [2.75, 3.05) is 0 Å². The predicted molar refractivity (Wildman–Crippen MR) is 64.8 cm³/mol. The van der Waals surface area contributed by atoms with Crippen molar-refractivity contribution in [3.05, 3.63) is 22.7 Å². The maximum Gasteiger partial charge on any atom is 0.199 e. The van der Waals surface area contributed by atoms with Crippen molar-refractivity contribution < 1.29 is 4.42 Å². The van der Waals surface area contributed by atoms with Gasteiger partial charge in [-0.1, -0.05) is 0 Å². The van der Waals surface area contributed by atoms with E-state index in [2.05, 4.69) is 31.0 Å². The Bertz CT molecular complexity index is 556. The van der Waals surface area contributed by atoms with Crippen molar-refractivity contribution in [1.82, 2.24) is 14.8 Å². The number of hydrogen-bond donors (Lipinski definition) is 1. The molecule has 0 fully saturated rings. The van der Waals surface area contributed by atoms with Gasteiger partial charge in [-0.25, -0.2) is 0 Å². The smallest absolute Gasteiger partial charge is 0.199 e. The summed E-state index contributed by atoms with van der Waals surface area (Å²) in [6, 6.07) is 1.92. The minimum absolute atomic E-state index is 0.126. The highest BCUT2D eigenvalue weighted by Crippen LogP contribution is 2.27. The molecule has 1 N–H and O–H groups in total. The topological polar surface area (TPSA) is 46.8 Å².